The van der Waals surface area contributed by atoms with Crippen molar-refractivity contribution in [2.24, 2.45) is 0 Å². The number of nitrogens with one attached hydrogen (secondary N) is 1. The van der Waals surface area contributed by atoms with Crippen LogP contribution >= 0.6 is 0 Å². The second kappa shape index (κ2) is 6.02. The van der Waals surface area contributed by atoms with E-state index in [1.54, 1.807) is 6.07 Å². The van der Waals surface area contributed by atoms with Crippen molar-refractivity contribution in [3.63, 3.8) is 0 Å². The van der Waals surface area contributed by atoms with E-state index in [1.807, 2.05) is 0 Å². The monoisotopic (exact) mass is 274 g/mol. The third-order valence-corrected chi connectivity index (χ3v) is 2.60. The molecule has 4 nitrogen and oxygen atoms in total. The molecule has 0 fully saturated rings. The lowest BCUT2D eigenvalue weighted by Gasteiger charge is -2.20. The molecule has 0 aliphatic rings. The van der Waals surface area contributed by atoms with Crippen LogP contribution in [-0.2, 0) is 6.18 Å². The average molecular weight is 274 g/mol. The summed E-state index contributed by atoms with van der Waals surface area (Å²) in [6.07, 6.45) is -7.44. The Labute approximate surface area is 108 Å². The molecule has 104 valence electrons. The quantitative estimate of drug-likeness (QED) is 0.771. The molecule has 0 aliphatic carbocycles. The minimum Gasteiger partial charge on any atom is -0.389 e. The van der Waals surface area contributed by atoms with Crippen LogP contribution in [0.1, 0.15) is 22.8 Å². The van der Waals surface area contributed by atoms with E-state index in [9.17, 15) is 23.4 Å². The Balaban J connectivity index is 3.20. The average Bonchev–Trinajstić information content (AvgIpc) is 2.36. The summed E-state index contributed by atoms with van der Waals surface area (Å²) in [6, 6.07) is 4.12. The molecule has 0 heterocycles. The summed E-state index contributed by atoms with van der Waals surface area (Å²) in [5.74, 6) is 0. The summed E-state index contributed by atoms with van der Waals surface area (Å²) in [7, 11) is 1.52. The van der Waals surface area contributed by atoms with Crippen molar-refractivity contribution in [3.8, 4) is 6.07 Å². The Hall–Kier alpha value is -1.62. The smallest absolute Gasteiger partial charge is 0.389 e. The Bertz CT molecular complexity index is 483. The largest absolute Gasteiger partial charge is 0.416 e. The third-order valence-electron chi connectivity index (χ3n) is 2.60. The maximum atomic E-state index is 12.6. The number of nitriles is 1. The van der Waals surface area contributed by atoms with Crippen LogP contribution in [-0.4, -0.2) is 29.9 Å². The fourth-order valence-corrected chi connectivity index (χ4v) is 1.61. The first-order valence-electron chi connectivity index (χ1n) is 5.43. The van der Waals surface area contributed by atoms with Gasteiger partial charge in [0.2, 0.25) is 0 Å². The predicted octanol–water partition coefficient (Wildman–Crippen LogP) is 1.19. The van der Waals surface area contributed by atoms with E-state index in [0.717, 1.165) is 12.1 Å². The molecule has 0 aliphatic heterocycles. The molecule has 0 saturated heterocycles. The molecule has 2 atom stereocenters. The lowest BCUT2D eigenvalue weighted by molar-refractivity contribution is -0.137. The molecule has 0 spiro atoms. The first-order chi connectivity index (χ1) is 8.81. The van der Waals surface area contributed by atoms with Gasteiger partial charge in [-0.05, 0) is 25.2 Å². The maximum absolute atomic E-state index is 12.6. The molecule has 0 saturated carbocycles. The van der Waals surface area contributed by atoms with Crippen LogP contribution in [0, 0.1) is 11.3 Å². The number of aliphatic hydroxyl groups excluding tert-OH is 2. The number of hydrogen-bond acceptors (Lipinski definition) is 4. The molecule has 7 heteroatoms. The molecule has 3 N–H and O–H groups in total. The van der Waals surface area contributed by atoms with Gasteiger partial charge >= 0.3 is 6.18 Å². The number of benzene rings is 1. The molecular formula is C12H13F3N2O2. The first-order valence-corrected chi connectivity index (χ1v) is 5.43. The summed E-state index contributed by atoms with van der Waals surface area (Å²) in [6.45, 7) is -0.0116. The van der Waals surface area contributed by atoms with Gasteiger partial charge in [-0.15, -0.1) is 0 Å². The number of likely N-dealkylation sites (N-methyl/N-ethyl adjacent to an activating group) is 1. The van der Waals surface area contributed by atoms with Crippen LogP contribution in [0.2, 0.25) is 0 Å². The van der Waals surface area contributed by atoms with Gasteiger partial charge < -0.3 is 15.5 Å². The van der Waals surface area contributed by atoms with Crippen LogP contribution in [0.4, 0.5) is 13.2 Å². The topological polar surface area (TPSA) is 76.3 Å². The van der Waals surface area contributed by atoms with Crippen molar-refractivity contribution in [3.05, 3.63) is 34.9 Å². The summed E-state index contributed by atoms with van der Waals surface area (Å²) in [5.41, 5.74) is -1.31. The predicted molar refractivity (Wildman–Crippen MR) is 61.1 cm³/mol. The normalized spacial score (nSPS) is 14.8. The van der Waals surface area contributed by atoms with Crippen molar-refractivity contribution < 1.29 is 23.4 Å². The van der Waals surface area contributed by atoms with Crippen molar-refractivity contribution in [2.45, 2.75) is 18.4 Å². The zero-order valence-electron chi connectivity index (χ0n) is 10.1. The van der Waals surface area contributed by atoms with Crippen LogP contribution in [0.25, 0.3) is 0 Å². The van der Waals surface area contributed by atoms with Crippen molar-refractivity contribution in [1.29, 1.82) is 5.26 Å². The van der Waals surface area contributed by atoms with E-state index >= 15 is 0 Å². The highest BCUT2D eigenvalue weighted by Gasteiger charge is 2.32. The highest BCUT2D eigenvalue weighted by Crippen LogP contribution is 2.32. The fourth-order valence-electron chi connectivity index (χ4n) is 1.61. The summed E-state index contributed by atoms with van der Waals surface area (Å²) >= 11 is 0. The number of rotatable bonds is 4. The molecule has 1 rings (SSSR count). The highest BCUT2D eigenvalue weighted by molar-refractivity contribution is 5.42. The molecule has 2 unspecified atom stereocenters. The Morgan fingerprint density at radius 3 is 2.47 bits per heavy atom. The maximum Gasteiger partial charge on any atom is 0.416 e. The van der Waals surface area contributed by atoms with Gasteiger partial charge in [0.05, 0.1) is 23.3 Å². The van der Waals surface area contributed by atoms with Crippen molar-refractivity contribution in [1.82, 2.24) is 5.32 Å². The van der Waals surface area contributed by atoms with Crippen molar-refractivity contribution in [2.75, 3.05) is 13.6 Å². The van der Waals surface area contributed by atoms with E-state index in [4.69, 9.17) is 5.26 Å². The van der Waals surface area contributed by atoms with E-state index in [1.165, 1.54) is 7.05 Å². The number of alkyl halides is 3. The first kappa shape index (κ1) is 15.4. The minimum atomic E-state index is -4.57. The van der Waals surface area contributed by atoms with E-state index in [0.29, 0.717) is 6.07 Å². The fraction of sp³-hybridized carbons (Fsp3) is 0.417. The molecule has 1 aromatic rings. The van der Waals surface area contributed by atoms with Gasteiger partial charge in [-0.25, -0.2) is 0 Å². The molecule has 0 bridgehead atoms. The zero-order valence-corrected chi connectivity index (χ0v) is 10.1. The number of hydrogen-bond donors (Lipinski definition) is 3. The van der Waals surface area contributed by atoms with Crippen LogP contribution < -0.4 is 5.32 Å². The standard InChI is InChI=1S/C12H13F3N2O2/c1-17-6-10(18)11(19)9-4-8(12(13,14)15)3-2-7(9)5-16/h2-4,10-11,17-19H,6H2,1H3. The van der Waals surface area contributed by atoms with Gasteiger partial charge in [-0.1, -0.05) is 0 Å². The summed E-state index contributed by atoms with van der Waals surface area (Å²) < 4.78 is 37.7. The number of halogens is 3. The van der Waals surface area contributed by atoms with Gasteiger partial charge in [0.15, 0.2) is 0 Å². The summed E-state index contributed by atoms with van der Waals surface area (Å²) in [4.78, 5) is 0. The van der Waals surface area contributed by atoms with Crippen LogP contribution in [0.3, 0.4) is 0 Å². The SMILES string of the molecule is CNCC(O)C(O)c1cc(C(F)(F)F)ccc1C#N. The number of nitrogens with zero attached hydrogens (tertiary/aromatic N) is 1. The molecule has 19 heavy (non-hydrogen) atoms. The van der Waals surface area contributed by atoms with Gasteiger partial charge in [-0.3, -0.25) is 0 Å². The van der Waals surface area contributed by atoms with Crippen LogP contribution in [0.15, 0.2) is 18.2 Å². The van der Waals surface area contributed by atoms with E-state index in [2.05, 4.69) is 5.32 Å². The molecular weight excluding hydrogens is 261 g/mol. The van der Waals surface area contributed by atoms with Gasteiger partial charge in [0, 0.05) is 12.1 Å². The Morgan fingerprint density at radius 2 is 2.00 bits per heavy atom. The Morgan fingerprint density at radius 1 is 1.37 bits per heavy atom. The van der Waals surface area contributed by atoms with Gasteiger partial charge in [-0.2, -0.15) is 18.4 Å². The van der Waals surface area contributed by atoms with Crippen LogP contribution in [0.5, 0.6) is 0 Å². The summed E-state index contributed by atoms with van der Waals surface area (Å²) in [5, 5.41) is 30.8. The van der Waals surface area contributed by atoms with Crippen molar-refractivity contribution >= 4 is 0 Å². The second-order valence-electron chi connectivity index (χ2n) is 3.98. The highest BCUT2D eigenvalue weighted by atomic mass is 19.4. The molecule has 0 amide bonds. The lowest BCUT2D eigenvalue weighted by atomic mass is 9.96. The third kappa shape index (κ3) is 3.67. The number of aliphatic hydroxyl groups is 2. The molecule has 1 aromatic carbocycles. The lowest BCUT2D eigenvalue weighted by Crippen LogP contribution is -2.30. The van der Waals surface area contributed by atoms with E-state index in [-0.39, 0.29) is 17.7 Å². The molecule has 0 aromatic heterocycles. The molecule has 0 radical (unpaired) electrons. The van der Waals surface area contributed by atoms with E-state index < -0.39 is 23.9 Å². The second-order valence-corrected chi connectivity index (χ2v) is 3.98. The zero-order chi connectivity index (χ0) is 14.6. The minimum absolute atomic E-state index is 0.0116. The van der Waals surface area contributed by atoms with Gasteiger partial charge in [0.1, 0.15) is 6.10 Å². The Kier molecular flexibility index (Phi) is 4.89. The van der Waals surface area contributed by atoms with Gasteiger partial charge in [0.25, 0.3) is 0 Å².